The van der Waals surface area contributed by atoms with E-state index in [-0.39, 0.29) is 62.0 Å². The molecule has 3 aliphatic rings. The second-order valence-corrected chi connectivity index (χ2v) is 12.4. The molecule has 3 saturated heterocycles. The first-order valence-corrected chi connectivity index (χ1v) is 15.0. The van der Waals surface area contributed by atoms with Gasteiger partial charge in [-0.2, -0.15) is 23.1 Å². The van der Waals surface area contributed by atoms with Gasteiger partial charge in [-0.25, -0.2) is 18.6 Å². The van der Waals surface area contributed by atoms with Crippen LogP contribution in [0.1, 0.15) is 31.4 Å². The lowest BCUT2D eigenvalue weighted by atomic mass is 9.95. The summed E-state index contributed by atoms with van der Waals surface area (Å²) in [6.45, 7) is 9.88. The lowest BCUT2D eigenvalue weighted by Gasteiger charge is -2.30. The van der Waals surface area contributed by atoms with Gasteiger partial charge in [-0.15, -0.1) is 11.3 Å². The lowest BCUT2D eigenvalue weighted by molar-refractivity contribution is -0.140. The third-order valence-electron chi connectivity index (χ3n) is 8.60. The first kappa shape index (κ1) is 28.9. The standard InChI is InChI=1S/C29H26F5N7O2S/c1-36-22-20-16(3-4-18(31)23(20)44-25(22)35)17-9-19-21(39-24(17)29(32,33)34)26(43-15-5-7-37-11-15)40-27(38-19)42-13-28-6-2-8-41(28)12-14(30)10-28/h3-4,9,14-15,37H,2,5-8,10-13,35H2/t14-,15-,28+/m1/s1. The number of thiophene rings is 1. The van der Waals surface area contributed by atoms with E-state index in [2.05, 4.69) is 30.0 Å². The van der Waals surface area contributed by atoms with Crippen LogP contribution in [0.15, 0.2) is 18.2 Å². The average molecular weight is 632 g/mol. The highest BCUT2D eigenvalue weighted by Gasteiger charge is 2.49. The van der Waals surface area contributed by atoms with Crippen LogP contribution in [0.3, 0.4) is 0 Å². The van der Waals surface area contributed by atoms with Gasteiger partial charge in [-0.1, -0.05) is 6.07 Å². The largest absolute Gasteiger partial charge is 0.471 e. The Morgan fingerprint density at radius 3 is 2.82 bits per heavy atom. The third-order valence-corrected chi connectivity index (χ3v) is 9.62. The zero-order valence-corrected chi connectivity index (χ0v) is 24.0. The molecule has 0 amide bonds. The summed E-state index contributed by atoms with van der Waals surface area (Å²) in [5, 5.41) is 3.10. The topological polar surface area (TPSA) is 103 Å². The van der Waals surface area contributed by atoms with Gasteiger partial charge in [0.1, 0.15) is 30.2 Å². The van der Waals surface area contributed by atoms with Crippen LogP contribution >= 0.6 is 11.3 Å². The molecule has 1 aromatic carbocycles. The number of alkyl halides is 4. The van der Waals surface area contributed by atoms with Crippen molar-refractivity contribution < 1.29 is 31.4 Å². The van der Waals surface area contributed by atoms with Crippen molar-refractivity contribution >= 4 is 43.1 Å². The molecule has 0 unspecified atom stereocenters. The predicted octanol–water partition coefficient (Wildman–Crippen LogP) is 5.89. The Morgan fingerprint density at radius 2 is 2.07 bits per heavy atom. The number of fused-ring (bicyclic) bond motifs is 3. The smallest absolute Gasteiger partial charge is 0.433 e. The fourth-order valence-electron chi connectivity index (χ4n) is 6.62. The van der Waals surface area contributed by atoms with E-state index in [4.69, 9.17) is 21.8 Å². The van der Waals surface area contributed by atoms with E-state index in [0.29, 0.717) is 32.5 Å². The van der Waals surface area contributed by atoms with Crippen molar-refractivity contribution in [1.82, 2.24) is 25.2 Å². The summed E-state index contributed by atoms with van der Waals surface area (Å²) in [6, 6.07) is 3.26. The number of ether oxygens (including phenoxy) is 2. The van der Waals surface area contributed by atoms with Crippen molar-refractivity contribution in [1.29, 1.82) is 0 Å². The second-order valence-electron chi connectivity index (χ2n) is 11.4. The van der Waals surface area contributed by atoms with E-state index in [1.807, 2.05) is 0 Å². The Kier molecular flexibility index (Phi) is 6.98. The molecular formula is C29H26F5N7O2S. The molecule has 3 N–H and O–H groups in total. The van der Waals surface area contributed by atoms with E-state index < -0.39 is 35.0 Å². The molecule has 7 rings (SSSR count). The molecule has 4 aromatic rings. The minimum atomic E-state index is -4.94. The number of hydrogen-bond acceptors (Lipinski definition) is 9. The number of nitrogens with zero attached hydrogens (tertiary/aromatic N) is 5. The molecule has 3 fully saturated rings. The number of nitrogen functional groups attached to an aromatic ring is 1. The van der Waals surface area contributed by atoms with Crippen LogP contribution in [0.25, 0.3) is 37.1 Å². The molecule has 3 aliphatic heterocycles. The fraction of sp³-hybridized carbons (Fsp3) is 0.448. The number of rotatable bonds is 6. The maximum atomic E-state index is 14.8. The molecule has 0 bridgehead atoms. The highest BCUT2D eigenvalue weighted by Crippen LogP contribution is 2.49. The minimum absolute atomic E-state index is 0.000405. The Balaban J connectivity index is 1.40. The quantitative estimate of drug-likeness (QED) is 0.201. The van der Waals surface area contributed by atoms with Gasteiger partial charge in [0.2, 0.25) is 11.6 Å². The van der Waals surface area contributed by atoms with Crippen LogP contribution in [-0.4, -0.2) is 70.5 Å². The highest BCUT2D eigenvalue weighted by molar-refractivity contribution is 7.23. The van der Waals surface area contributed by atoms with E-state index >= 15 is 0 Å². The number of aromatic nitrogens is 3. The van der Waals surface area contributed by atoms with E-state index in [1.54, 1.807) is 0 Å². The molecule has 3 aromatic heterocycles. The zero-order chi connectivity index (χ0) is 30.8. The number of hydrogen-bond donors (Lipinski definition) is 2. The van der Waals surface area contributed by atoms with Crippen molar-refractivity contribution in [3.8, 4) is 23.0 Å². The Labute approximate surface area is 252 Å². The summed E-state index contributed by atoms with van der Waals surface area (Å²) >= 11 is 0.789. The Hall–Kier alpha value is -3.87. The number of nitrogens with one attached hydrogen (secondary N) is 1. The lowest BCUT2D eigenvalue weighted by Crippen LogP contribution is -2.43. The summed E-state index contributed by atoms with van der Waals surface area (Å²) in [5.74, 6) is -0.878. The van der Waals surface area contributed by atoms with Crippen LogP contribution < -0.4 is 20.5 Å². The van der Waals surface area contributed by atoms with Gasteiger partial charge in [-0.3, -0.25) is 4.90 Å². The number of pyridine rings is 1. The molecule has 9 nitrogen and oxygen atoms in total. The average Bonchev–Trinajstić information content (AvgIpc) is 3.75. The first-order chi connectivity index (χ1) is 21.1. The van der Waals surface area contributed by atoms with Gasteiger partial charge >= 0.3 is 12.2 Å². The SMILES string of the molecule is [C-]#[N+]c1c(N)sc2c(F)ccc(-c3cc4nc(OC[C@@]56CCCN5C[C@H](F)C6)nc(O[C@@H]5CCNC5)c4nc3C(F)(F)F)c12. The van der Waals surface area contributed by atoms with Gasteiger partial charge < -0.3 is 20.5 Å². The number of nitrogens with two attached hydrogens (primary N) is 1. The maximum absolute atomic E-state index is 14.8. The molecule has 0 radical (unpaired) electrons. The van der Waals surface area contributed by atoms with Crippen molar-refractivity contribution in [3.63, 3.8) is 0 Å². The van der Waals surface area contributed by atoms with Crippen LogP contribution in [0.2, 0.25) is 0 Å². The normalized spacial score (nSPS) is 23.8. The molecule has 0 saturated carbocycles. The Bertz CT molecular complexity index is 1820. The Morgan fingerprint density at radius 1 is 1.23 bits per heavy atom. The van der Waals surface area contributed by atoms with Crippen LogP contribution in [0.4, 0.5) is 32.6 Å². The van der Waals surface area contributed by atoms with Gasteiger partial charge in [0.25, 0.3) is 0 Å². The summed E-state index contributed by atoms with van der Waals surface area (Å²) in [4.78, 5) is 18.2. The second kappa shape index (κ2) is 10.6. The van der Waals surface area contributed by atoms with Crippen LogP contribution in [0, 0.1) is 12.4 Å². The van der Waals surface area contributed by atoms with Crippen molar-refractivity contribution in [2.45, 2.75) is 49.7 Å². The van der Waals surface area contributed by atoms with E-state index in [9.17, 15) is 22.0 Å². The van der Waals surface area contributed by atoms with E-state index in [1.165, 1.54) is 12.1 Å². The van der Waals surface area contributed by atoms with Gasteiger partial charge in [0, 0.05) is 30.5 Å². The summed E-state index contributed by atoms with van der Waals surface area (Å²) in [6.07, 6.45) is -3.72. The van der Waals surface area contributed by atoms with Crippen molar-refractivity contribution in [2.24, 2.45) is 0 Å². The highest BCUT2D eigenvalue weighted by atomic mass is 32.1. The molecule has 15 heteroatoms. The molecule has 0 spiro atoms. The summed E-state index contributed by atoms with van der Waals surface area (Å²) in [5.41, 5.74) is 3.34. The van der Waals surface area contributed by atoms with Crippen molar-refractivity contribution in [3.05, 3.63) is 41.1 Å². The molecule has 230 valence electrons. The zero-order valence-electron chi connectivity index (χ0n) is 23.2. The van der Waals surface area contributed by atoms with Crippen LogP contribution in [0.5, 0.6) is 11.9 Å². The molecule has 44 heavy (non-hydrogen) atoms. The molecular weight excluding hydrogens is 605 g/mol. The number of halogens is 5. The monoisotopic (exact) mass is 631 g/mol. The number of benzene rings is 1. The first-order valence-electron chi connectivity index (χ1n) is 14.1. The summed E-state index contributed by atoms with van der Waals surface area (Å²) in [7, 11) is 0. The molecule has 6 heterocycles. The maximum Gasteiger partial charge on any atom is 0.433 e. The summed E-state index contributed by atoms with van der Waals surface area (Å²) < 4.78 is 85.0. The van der Waals surface area contributed by atoms with Crippen LogP contribution in [-0.2, 0) is 6.18 Å². The van der Waals surface area contributed by atoms with E-state index in [0.717, 1.165) is 36.8 Å². The minimum Gasteiger partial charge on any atom is -0.471 e. The molecule has 0 aliphatic carbocycles. The molecule has 3 atom stereocenters. The predicted molar refractivity (Wildman–Crippen MR) is 154 cm³/mol. The third kappa shape index (κ3) is 4.85. The van der Waals surface area contributed by atoms with Gasteiger partial charge in [-0.05, 0) is 50.0 Å². The van der Waals surface area contributed by atoms with Gasteiger partial charge in [0.15, 0.2) is 11.2 Å². The fourth-order valence-corrected chi connectivity index (χ4v) is 7.56. The van der Waals surface area contributed by atoms with Crippen molar-refractivity contribution in [2.75, 3.05) is 38.5 Å². The number of anilines is 1. The van der Waals surface area contributed by atoms with Gasteiger partial charge in [0.05, 0.1) is 21.8 Å².